The van der Waals surface area contributed by atoms with Gasteiger partial charge >= 0.3 is 5.97 Å². The van der Waals surface area contributed by atoms with Crippen LogP contribution in [0.2, 0.25) is 0 Å². The fourth-order valence-corrected chi connectivity index (χ4v) is 3.08. The van der Waals surface area contributed by atoms with Gasteiger partial charge in [-0.3, -0.25) is 0 Å². The van der Waals surface area contributed by atoms with Crippen molar-refractivity contribution in [2.45, 2.75) is 26.8 Å². The molecule has 0 bridgehead atoms. The summed E-state index contributed by atoms with van der Waals surface area (Å²) in [5.41, 5.74) is 2.80. The van der Waals surface area contributed by atoms with E-state index in [1.54, 1.807) is 26.2 Å². The van der Waals surface area contributed by atoms with E-state index < -0.39 is 5.97 Å². The van der Waals surface area contributed by atoms with Crippen LogP contribution in [0.3, 0.4) is 0 Å². The Balaban J connectivity index is 2.20. The van der Waals surface area contributed by atoms with Crippen LogP contribution in [0.1, 0.15) is 34.8 Å². The average molecular weight is 408 g/mol. The third-order valence-electron chi connectivity index (χ3n) is 3.79. The van der Waals surface area contributed by atoms with E-state index in [2.05, 4.69) is 21.2 Å². The molecule has 0 aliphatic carbocycles. The summed E-state index contributed by atoms with van der Waals surface area (Å²) >= 11 is 3.53. The second kappa shape index (κ2) is 8.76. The van der Waals surface area contributed by atoms with Crippen LogP contribution in [-0.2, 0) is 6.54 Å². The Kier molecular flexibility index (Phi) is 6.70. The molecular formula is C19H22BrNO4. The Morgan fingerprint density at radius 1 is 1.32 bits per heavy atom. The summed E-state index contributed by atoms with van der Waals surface area (Å²) in [6, 6.07) is 9.09. The highest BCUT2D eigenvalue weighted by atomic mass is 79.9. The highest BCUT2D eigenvalue weighted by molar-refractivity contribution is 9.10. The van der Waals surface area contributed by atoms with Crippen molar-refractivity contribution in [3.8, 4) is 11.5 Å². The third-order valence-corrected chi connectivity index (χ3v) is 4.38. The molecule has 0 saturated carbocycles. The van der Waals surface area contributed by atoms with Gasteiger partial charge in [-0.25, -0.2) is 4.79 Å². The van der Waals surface area contributed by atoms with Gasteiger partial charge in [0.25, 0.3) is 0 Å². The van der Waals surface area contributed by atoms with Crippen molar-refractivity contribution in [2.75, 3.05) is 19.0 Å². The lowest BCUT2D eigenvalue weighted by atomic mass is 10.1. The van der Waals surface area contributed by atoms with Crippen LogP contribution in [0.25, 0.3) is 0 Å². The van der Waals surface area contributed by atoms with Crippen LogP contribution in [-0.4, -0.2) is 24.8 Å². The van der Waals surface area contributed by atoms with E-state index in [-0.39, 0.29) is 0 Å². The van der Waals surface area contributed by atoms with E-state index in [1.807, 2.05) is 25.1 Å². The number of halogens is 1. The predicted molar refractivity (Wildman–Crippen MR) is 102 cm³/mol. The Morgan fingerprint density at radius 2 is 2.08 bits per heavy atom. The first-order valence-corrected chi connectivity index (χ1v) is 8.83. The first kappa shape index (κ1) is 19.1. The molecule has 0 aliphatic rings. The summed E-state index contributed by atoms with van der Waals surface area (Å²) < 4.78 is 12.0. The Labute approximate surface area is 156 Å². The Morgan fingerprint density at radius 3 is 2.72 bits per heavy atom. The van der Waals surface area contributed by atoms with Crippen molar-refractivity contribution >= 4 is 27.6 Å². The largest absolute Gasteiger partial charge is 0.493 e. The second-order valence-electron chi connectivity index (χ2n) is 5.59. The summed E-state index contributed by atoms with van der Waals surface area (Å²) in [6.07, 6.45) is 0.915. The van der Waals surface area contributed by atoms with Crippen molar-refractivity contribution in [3.63, 3.8) is 0 Å². The van der Waals surface area contributed by atoms with E-state index in [0.717, 1.165) is 22.1 Å². The third kappa shape index (κ3) is 4.66. The van der Waals surface area contributed by atoms with Gasteiger partial charge in [-0.15, -0.1) is 0 Å². The van der Waals surface area contributed by atoms with Gasteiger partial charge in [-0.1, -0.05) is 13.0 Å². The maximum absolute atomic E-state index is 11.2. The topological polar surface area (TPSA) is 67.8 Å². The first-order valence-electron chi connectivity index (χ1n) is 8.03. The van der Waals surface area contributed by atoms with Crippen LogP contribution in [0, 0.1) is 6.92 Å². The number of anilines is 1. The smallest absolute Gasteiger partial charge is 0.336 e. The minimum atomic E-state index is -0.928. The fourth-order valence-electron chi connectivity index (χ4n) is 2.48. The zero-order valence-electron chi connectivity index (χ0n) is 14.6. The molecule has 2 aromatic carbocycles. The number of hydrogen-bond acceptors (Lipinski definition) is 4. The molecule has 6 heteroatoms. The monoisotopic (exact) mass is 407 g/mol. The molecule has 25 heavy (non-hydrogen) atoms. The molecule has 0 spiro atoms. The van der Waals surface area contributed by atoms with Gasteiger partial charge in [0.15, 0.2) is 11.5 Å². The maximum Gasteiger partial charge on any atom is 0.336 e. The lowest BCUT2D eigenvalue weighted by Gasteiger charge is -2.15. The average Bonchev–Trinajstić information content (AvgIpc) is 2.59. The molecular weight excluding hydrogens is 386 g/mol. The van der Waals surface area contributed by atoms with Gasteiger partial charge in [-0.05, 0) is 64.7 Å². The number of carbonyl (C=O) groups is 1. The first-order chi connectivity index (χ1) is 12.0. The summed E-state index contributed by atoms with van der Waals surface area (Å²) in [7, 11) is 1.61. The minimum Gasteiger partial charge on any atom is -0.493 e. The van der Waals surface area contributed by atoms with Crippen LogP contribution < -0.4 is 14.8 Å². The molecule has 5 nitrogen and oxygen atoms in total. The second-order valence-corrected chi connectivity index (χ2v) is 6.45. The van der Waals surface area contributed by atoms with E-state index in [4.69, 9.17) is 9.47 Å². The number of hydrogen-bond donors (Lipinski definition) is 2. The molecule has 2 N–H and O–H groups in total. The number of ether oxygens (including phenoxy) is 2. The number of benzene rings is 2. The number of methoxy groups -OCH3 is 1. The number of carboxylic acids is 1. The van der Waals surface area contributed by atoms with E-state index in [1.165, 1.54) is 0 Å². The molecule has 0 unspecified atom stereocenters. The van der Waals surface area contributed by atoms with E-state index >= 15 is 0 Å². The highest BCUT2D eigenvalue weighted by Gasteiger charge is 2.13. The molecule has 0 radical (unpaired) electrons. The predicted octanol–water partition coefficient (Wildman–Crippen LogP) is 4.87. The van der Waals surface area contributed by atoms with Crippen LogP contribution >= 0.6 is 15.9 Å². The molecule has 0 amide bonds. The summed E-state index contributed by atoms with van der Waals surface area (Å²) in [5.74, 6) is 0.427. The van der Waals surface area contributed by atoms with Crippen molar-refractivity contribution in [3.05, 3.63) is 51.5 Å². The molecule has 0 fully saturated rings. The van der Waals surface area contributed by atoms with Crippen molar-refractivity contribution in [1.29, 1.82) is 0 Å². The zero-order chi connectivity index (χ0) is 18.4. The Bertz CT molecular complexity index is 761. The molecule has 2 rings (SSSR count). The zero-order valence-corrected chi connectivity index (χ0v) is 16.1. The molecule has 2 aromatic rings. The van der Waals surface area contributed by atoms with Crippen molar-refractivity contribution in [1.82, 2.24) is 0 Å². The van der Waals surface area contributed by atoms with Gasteiger partial charge in [0.2, 0.25) is 0 Å². The van der Waals surface area contributed by atoms with Gasteiger partial charge in [-0.2, -0.15) is 0 Å². The molecule has 0 heterocycles. The van der Waals surface area contributed by atoms with Gasteiger partial charge in [0.1, 0.15) is 0 Å². The molecule has 0 aliphatic heterocycles. The number of aromatic carboxylic acids is 1. The van der Waals surface area contributed by atoms with Crippen LogP contribution in [0.5, 0.6) is 11.5 Å². The minimum absolute atomic E-state index is 0.298. The summed E-state index contributed by atoms with van der Waals surface area (Å²) in [4.78, 5) is 11.2. The maximum atomic E-state index is 11.2. The molecule has 0 saturated heterocycles. The van der Waals surface area contributed by atoms with Gasteiger partial charge < -0.3 is 19.9 Å². The Hall–Kier alpha value is -2.21. The highest BCUT2D eigenvalue weighted by Crippen LogP contribution is 2.37. The van der Waals surface area contributed by atoms with Gasteiger partial charge in [0, 0.05) is 12.2 Å². The van der Waals surface area contributed by atoms with Crippen molar-refractivity contribution in [2.24, 2.45) is 0 Å². The van der Waals surface area contributed by atoms with E-state index in [0.29, 0.717) is 35.8 Å². The molecule has 0 aromatic heterocycles. The standard InChI is InChI=1S/C19H22BrNO4/c1-4-8-25-18-15(20)9-13(10-17(18)24-3)11-21-16-7-5-6-14(12(16)2)19(22)23/h5-7,9-10,21H,4,8,11H2,1-3H3,(H,22,23). The number of rotatable bonds is 8. The molecule has 134 valence electrons. The van der Waals surface area contributed by atoms with Crippen LogP contribution in [0.15, 0.2) is 34.8 Å². The quantitative estimate of drug-likeness (QED) is 0.653. The summed E-state index contributed by atoms with van der Waals surface area (Å²) in [5, 5.41) is 12.5. The van der Waals surface area contributed by atoms with E-state index in [9.17, 15) is 9.90 Å². The lowest BCUT2D eigenvalue weighted by Crippen LogP contribution is -2.06. The van der Waals surface area contributed by atoms with Crippen molar-refractivity contribution < 1.29 is 19.4 Å². The molecule has 0 atom stereocenters. The lowest BCUT2D eigenvalue weighted by molar-refractivity contribution is 0.0696. The number of carboxylic acid groups (broad SMARTS) is 1. The SMILES string of the molecule is CCCOc1c(Br)cc(CNc2cccc(C(=O)O)c2C)cc1OC. The summed E-state index contributed by atoms with van der Waals surface area (Å²) in [6.45, 7) is 5.00. The van der Waals surface area contributed by atoms with Crippen LogP contribution in [0.4, 0.5) is 5.69 Å². The normalized spacial score (nSPS) is 10.4. The van der Waals surface area contributed by atoms with Gasteiger partial charge in [0.05, 0.1) is 23.8 Å². The fraction of sp³-hybridized carbons (Fsp3) is 0.316. The number of nitrogens with one attached hydrogen (secondary N) is 1.